The van der Waals surface area contributed by atoms with Crippen molar-refractivity contribution in [3.8, 4) is 5.75 Å². The van der Waals surface area contributed by atoms with Gasteiger partial charge in [-0.3, -0.25) is 4.79 Å². The third-order valence-electron chi connectivity index (χ3n) is 4.66. The summed E-state index contributed by atoms with van der Waals surface area (Å²) in [4.78, 5) is 13.8. The first-order valence-electron chi connectivity index (χ1n) is 9.67. The molecule has 3 N–H and O–H groups in total. The fourth-order valence-electron chi connectivity index (χ4n) is 3.07. The Labute approximate surface area is 205 Å². The van der Waals surface area contributed by atoms with Gasteiger partial charge in [-0.15, -0.1) is 8.80 Å². The average Bonchev–Trinajstić information content (AvgIpc) is 3.22. The summed E-state index contributed by atoms with van der Waals surface area (Å²) < 4.78 is 37.6. The summed E-state index contributed by atoms with van der Waals surface area (Å²) in [6.07, 6.45) is 0. The maximum Gasteiger partial charge on any atom is 0.367 e. The molecular formula is C20H23BrClN5O5S. The Morgan fingerprint density at radius 2 is 1.82 bits per heavy atom. The average molecular weight is 561 g/mol. The lowest BCUT2D eigenvalue weighted by Gasteiger charge is -2.30. The Hall–Kier alpha value is -2.57. The molecule has 2 heterocycles. The van der Waals surface area contributed by atoms with Crippen molar-refractivity contribution in [3.05, 3.63) is 45.3 Å². The summed E-state index contributed by atoms with van der Waals surface area (Å²) in [5, 5.41) is 16.7. The number of furan rings is 1. The molecule has 33 heavy (non-hydrogen) atoms. The van der Waals surface area contributed by atoms with Gasteiger partial charge in [-0.2, -0.15) is 8.42 Å². The molecule has 0 fully saturated rings. The Morgan fingerprint density at radius 3 is 2.36 bits per heavy atom. The molecule has 1 atom stereocenters. The highest BCUT2D eigenvalue weighted by atomic mass is 79.9. The fraction of sp³-hybridized carbons (Fsp3) is 0.350. The van der Waals surface area contributed by atoms with E-state index in [0.717, 1.165) is 0 Å². The zero-order valence-electron chi connectivity index (χ0n) is 18.5. The highest BCUT2D eigenvalue weighted by Crippen LogP contribution is 2.36. The molecule has 1 aliphatic heterocycles. The van der Waals surface area contributed by atoms with E-state index in [4.69, 9.17) is 16.0 Å². The molecule has 1 amide bonds. The van der Waals surface area contributed by atoms with Crippen molar-refractivity contribution in [2.45, 2.75) is 26.8 Å². The Kier molecular flexibility index (Phi) is 6.83. The van der Waals surface area contributed by atoms with Crippen LogP contribution in [0.1, 0.15) is 42.9 Å². The van der Waals surface area contributed by atoms with E-state index in [1.54, 1.807) is 32.3 Å². The van der Waals surface area contributed by atoms with Crippen molar-refractivity contribution in [2.75, 3.05) is 19.4 Å². The number of halogens is 2. The van der Waals surface area contributed by atoms with Crippen LogP contribution in [-0.4, -0.2) is 50.1 Å². The molecule has 0 unspecified atom stereocenters. The minimum atomic E-state index is -4.17. The summed E-state index contributed by atoms with van der Waals surface area (Å²) in [6, 6.07) is 5.77. The van der Waals surface area contributed by atoms with Gasteiger partial charge in [0, 0.05) is 18.6 Å². The molecular weight excluding hydrogens is 538 g/mol. The molecule has 1 aliphatic rings. The number of hydrogen-bond acceptors (Lipinski definition) is 7. The molecule has 2 aromatic rings. The molecule has 1 aromatic carbocycles. The number of benzene rings is 1. The van der Waals surface area contributed by atoms with Gasteiger partial charge in [0.1, 0.15) is 5.76 Å². The molecule has 178 valence electrons. The van der Waals surface area contributed by atoms with Crippen LogP contribution in [0.4, 0.5) is 5.69 Å². The number of phenolic OH excluding ortho intramolecular Hbond substituents is 1. The molecule has 0 spiro atoms. The van der Waals surface area contributed by atoms with Crippen LogP contribution in [0, 0.1) is 5.41 Å². The zero-order chi connectivity index (χ0) is 24.7. The molecule has 0 radical (unpaired) electrons. The van der Waals surface area contributed by atoms with Crippen molar-refractivity contribution in [3.63, 3.8) is 0 Å². The van der Waals surface area contributed by atoms with Crippen LogP contribution >= 0.6 is 27.5 Å². The number of phenols is 1. The maximum atomic E-state index is 12.5. The van der Waals surface area contributed by atoms with E-state index < -0.39 is 27.6 Å². The monoisotopic (exact) mass is 559 g/mol. The molecule has 0 saturated heterocycles. The lowest BCUT2D eigenvalue weighted by Crippen LogP contribution is -2.41. The minimum absolute atomic E-state index is 0.00991. The number of carbonyl (C=O) groups excluding carboxylic acids is 1. The number of amidine groups is 2. The first-order valence-corrected chi connectivity index (χ1v) is 12.2. The normalized spacial score (nSPS) is 16.1. The predicted molar refractivity (Wildman–Crippen MR) is 130 cm³/mol. The van der Waals surface area contributed by atoms with Crippen LogP contribution in [0.15, 0.2) is 42.0 Å². The number of amides is 1. The summed E-state index contributed by atoms with van der Waals surface area (Å²) >= 11 is 9.18. The van der Waals surface area contributed by atoms with Crippen molar-refractivity contribution in [2.24, 2.45) is 14.2 Å². The fourth-order valence-corrected chi connectivity index (χ4v) is 4.49. The second-order valence-electron chi connectivity index (χ2n) is 8.56. The molecule has 0 saturated carbocycles. The summed E-state index contributed by atoms with van der Waals surface area (Å²) in [7, 11) is -1.07. The van der Waals surface area contributed by atoms with Crippen LogP contribution in [0.25, 0.3) is 0 Å². The van der Waals surface area contributed by atoms with Gasteiger partial charge >= 0.3 is 10.2 Å². The van der Waals surface area contributed by atoms with Crippen LogP contribution in [0.5, 0.6) is 5.75 Å². The molecule has 0 aliphatic carbocycles. The van der Waals surface area contributed by atoms with E-state index in [1.807, 2.05) is 20.8 Å². The van der Waals surface area contributed by atoms with E-state index in [0.29, 0.717) is 10.2 Å². The second-order valence-corrected chi connectivity index (χ2v) is 11.0. The van der Waals surface area contributed by atoms with E-state index >= 15 is 0 Å². The van der Waals surface area contributed by atoms with E-state index in [-0.39, 0.29) is 33.9 Å². The van der Waals surface area contributed by atoms with E-state index in [2.05, 4.69) is 35.4 Å². The Bertz CT molecular complexity index is 1260. The quantitative estimate of drug-likeness (QED) is 0.482. The van der Waals surface area contributed by atoms with Gasteiger partial charge in [0.05, 0.1) is 17.3 Å². The highest BCUT2D eigenvalue weighted by Gasteiger charge is 2.34. The number of nitrogens with zero attached hydrogens (tertiary/aromatic N) is 3. The first-order chi connectivity index (χ1) is 15.2. The molecule has 10 nitrogen and oxygen atoms in total. The zero-order valence-corrected chi connectivity index (χ0v) is 21.6. The number of carbonyl (C=O) groups is 1. The summed E-state index contributed by atoms with van der Waals surface area (Å²) in [5.41, 5.74) is -0.357. The van der Waals surface area contributed by atoms with E-state index in [9.17, 15) is 18.3 Å². The number of rotatable bonds is 4. The standard InChI is InChI=1S/C20H23BrClN5O5S/c1-20(2,3)16(12-8-9-13(22)32-12)24-18-17(25-33(30,31)26-18)23-11-7-6-10(21)14(15(11)28)19(29)27(4)5/h6-9,16,28H,1-5H3,(H,23,25)(H,24,26)/t16-/m0/s1. The maximum absolute atomic E-state index is 12.5. The van der Waals surface area contributed by atoms with Crippen LogP contribution in [-0.2, 0) is 10.2 Å². The Morgan fingerprint density at radius 1 is 1.18 bits per heavy atom. The molecule has 3 rings (SSSR count). The minimum Gasteiger partial charge on any atom is -0.505 e. The molecule has 1 aromatic heterocycles. The van der Waals surface area contributed by atoms with Gasteiger partial charge in [0.2, 0.25) is 0 Å². The lowest BCUT2D eigenvalue weighted by atomic mass is 9.85. The smallest absolute Gasteiger partial charge is 0.367 e. The van der Waals surface area contributed by atoms with Gasteiger partial charge in [-0.1, -0.05) is 20.8 Å². The third kappa shape index (κ3) is 5.50. The highest BCUT2D eigenvalue weighted by molar-refractivity contribution is 9.10. The van der Waals surface area contributed by atoms with Crippen LogP contribution in [0.2, 0.25) is 5.22 Å². The number of aromatic hydroxyl groups is 1. The van der Waals surface area contributed by atoms with Gasteiger partial charge < -0.3 is 25.1 Å². The van der Waals surface area contributed by atoms with Crippen LogP contribution < -0.4 is 10.6 Å². The van der Waals surface area contributed by atoms with Crippen molar-refractivity contribution in [1.29, 1.82) is 0 Å². The number of anilines is 1. The first kappa shape index (κ1) is 25.1. The van der Waals surface area contributed by atoms with Gasteiger partial charge in [0.15, 0.2) is 22.6 Å². The third-order valence-corrected chi connectivity index (χ3v) is 6.35. The summed E-state index contributed by atoms with van der Waals surface area (Å²) in [5.74, 6) is -0.574. The number of hydrogen-bond donors (Lipinski definition) is 3. The van der Waals surface area contributed by atoms with Crippen molar-refractivity contribution in [1.82, 2.24) is 10.2 Å². The predicted octanol–water partition coefficient (Wildman–Crippen LogP) is 3.95. The van der Waals surface area contributed by atoms with E-state index in [1.165, 1.54) is 11.0 Å². The summed E-state index contributed by atoms with van der Waals surface area (Å²) in [6.45, 7) is 5.78. The van der Waals surface area contributed by atoms with Crippen LogP contribution in [0.3, 0.4) is 0 Å². The van der Waals surface area contributed by atoms with Gasteiger partial charge in [0.25, 0.3) is 5.91 Å². The SMILES string of the molecule is CN(C)C(=O)c1c(Br)ccc(NC2=NS(=O)(=O)N=C2N[C@@H](c2ccc(Cl)o2)C(C)(C)C)c1O. The topological polar surface area (TPSA) is 137 Å². The molecule has 13 heteroatoms. The Balaban J connectivity index is 1.98. The molecule has 0 bridgehead atoms. The second kappa shape index (κ2) is 8.99. The van der Waals surface area contributed by atoms with Crippen molar-refractivity contribution < 1.29 is 22.7 Å². The van der Waals surface area contributed by atoms with Gasteiger partial charge in [-0.05, 0) is 57.2 Å². The van der Waals surface area contributed by atoms with Gasteiger partial charge in [-0.25, -0.2) is 0 Å². The number of nitrogens with one attached hydrogen (secondary N) is 2. The van der Waals surface area contributed by atoms with Crippen molar-refractivity contribution >= 4 is 61.0 Å². The lowest BCUT2D eigenvalue weighted by molar-refractivity contribution is 0.0824. The largest absolute Gasteiger partial charge is 0.505 e.